The number of methoxy groups -OCH3 is 1. The van der Waals surface area contributed by atoms with Crippen LogP contribution in [0.4, 0.5) is 0 Å². The van der Waals surface area contributed by atoms with E-state index in [4.69, 9.17) is 4.74 Å². The summed E-state index contributed by atoms with van der Waals surface area (Å²) in [5, 5.41) is 21.0. The Bertz CT molecular complexity index is 1470. The summed E-state index contributed by atoms with van der Waals surface area (Å²) in [4.78, 5) is 43.0. The Kier molecular flexibility index (Phi) is 13.6. The van der Waals surface area contributed by atoms with Crippen LogP contribution in [-0.4, -0.2) is 71.7 Å². The summed E-state index contributed by atoms with van der Waals surface area (Å²) in [5.74, 6) is -0.0515. The Hall–Kier alpha value is -4.21. The van der Waals surface area contributed by atoms with Gasteiger partial charge in [-0.2, -0.15) is 0 Å². The van der Waals surface area contributed by atoms with Crippen molar-refractivity contribution in [3.05, 3.63) is 102 Å². The summed E-state index contributed by atoms with van der Waals surface area (Å²) in [6.07, 6.45) is 1.92. The Balaban J connectivity index is 1.57. The standard InChI is InChI=1S/C39H52N4O5/c1-5-28(3)39(42-36(45)6-2)22-23-43(38(39)47)34(21-20-29-14-9-7-10-15-29)37(46)41-33(25-30-16-11-8-12-17-30)35(44)27-40-26-31-18-13-19-32(24-31)48-4/h7-19,24,28,33-35,40,44H,5-6,20-23,25-27H2,1-4H3,(H,41,46)(H,42,45)/t28?,33-,34-,35+,39-/m0/s1. The van der Waals surface area contributed by atoms with Gasteiger partial charge < -0.3 is 30.7 Å². The highest BCUT2D eigenvalue weighted by Gasteiger charge is 2.53. The van der Waals surface area contributed by atoms with Gasteiger partial charge in [0.05, 0.1) is 19.3 Å². The van der Waals surface area contributed by atoms with Crippen molar-refractivity contribution in [3.8, 4) is 5.75 Å². The fraction of sp³-hybridized carbons (Fsp3) is 0.462. The summed E-state index contributed by atoms with van der Waals surface area (Å²) < 4.78 is 5.33. The number of likely N-dealkylation sites (tertiary alicyclic amines) is 1. The van der Waals surface area contributed by atoms with E-state index in [0.717, 1.165) is 22.4 Å². The van der Waals surface area contributed by atoms with Gasteiger partial charge >= 0.3 is 0 Å². The van der Waals surface area contributed by atoms with Gasteiger partial charge in [0.1, 0.15) is 17.3 Å². The zero-order chi connectivity index (χ0) is 34.5. The van der Waals surface area contributed by atoms with E-state index in [1.165, 1.54) is 0 Å². The molecule has 258 valence electrons. The van der Waals surface area contributed by atoms with Gasteiger partial charge in [-0.3, -0.25) is 14.4 Å². The lowest BCUT2D eigenvalue weighted by Crippen LogP contribution is -2.61. The molecule has 0 radical (unpaired) electrons. The van der Waals surface area contributed by atoms with E-state index in [0.29, 0.717) is 45.2 Å². The molecule has 3 aromatic rings. The molecule has 48 heavy (non-hydrogen) atoms. The molecule has 3 amide bonds. The first-order chi connectivity index (χ1) is 23.2. The van der Waals surface area contributed by atoms with Crippen LogP contribution in [0.5, 0.6) is 5.75 Å². The molecule has 9 heteroatoms. The highest BCUT2D eigenvalue weighted by Crippen LogP contribution is 2.34. The first kappa shape index (κ1) is 36.6. The number of rotatable bonds is 18. The van der Waals surface area contributed by atoms with E-state index in [2.05, 4.69) is 16.0 Å². The molecule has 0 bridgehead atoms. The maximum Gasteiger partial charge on any atom is 0.249 e. The average Bonchev–Trinajstić information content (AvgIpc) is 3.44. The maximum absolute atomic E-state index is 14.4. The third-order valence-electron chi connectivity index (χ3n) is 9.66. The molecule has 1 fully saturated rings. The van der Waals surface area contributed by atoms with E-state index < -0.39 is 23.7 Å². The smallest absolute Gasteiger partial charge is 0.249 e. The molecule has 0 saturated carbocycles. The van der Waals surface area contributed by atoms with Crippen LogP contribution in [0.1, 0.15) is 63.1 Å². The molecule has 1 aliphatic heterocycles. The highest BCUT2D eigenvalue weighted by molar-refractivity contribution is 5.97. The fourth-order valence-electron chi connectivity index (χ4n) is 6.54. The van der Waals surface area contributed by atoms with Gasteiger partial charge in [0.15, 0.2) is 0 Å². The zero-order valence-electron chi connectivity index (χ0n) is 28.8. The molecule has 9 nitrogen and oxygen atoms in total. The number of ether oxygens (including phenoxy) is 1. The number of amides is 3. The Morgan fingerprint density at radius 3 is 2.27 bits per heavy atom. The predicted molar refractivity (Wildman–Crippen MR) is 188 cm³/mol. The van der Waals surface area contributed by atoms with Gasteiger partial charge in [-0.25, -0.2) is 0 Å². The molecule has 0 spiro atoms. The largest absolute Gasteiger partial charge is 0.497 e. The minimum Gasteiger partial charge on any atom is -0.497 e. The minimum atomic E-state index is -1.06. The molecule has 1 unspecified atom stereocenters. The Morgan fingerprint density at radius 1 is 0.958 bits per heavy atom. The first-order valence-electron chi connectivity index (χ1n) is 17.2. The number of hydrogen-bond donors (Lipinski definition) is 4. The van der Waals surface area contributed by atoms with Crippen LogP contribution in [-0.2, 0) is 33.8 Å². The van der Waals surface area contributed by atoms with Crippen LogP contribution in [0, 0.1) is 5.92 Å². The zero-order valence-corrected chi connectivity index (χ0v) is 28.8. The lowest BCUT2D eigenvalue weighted by molar-refractivity contribution is -0.144. The number of aliphatic hydroxyl groups excluding tert-OH is 1. The SMILES string of the molecule is CCC(=O)N[C@]1(C(C)CC)CCN([C@@H](CCc2ccccc2)C(=O)N[C@@H](Cc2ccccc2)[C@H](O)CNCc2cccc(OC)c2)C1=O. The van der Waals surface area contributed by atoms with Crippen molar-refractivity contribution in [2.45, 2.75) is 89.6 Å². The number of aliphatic hydroxyl groups is 1. The number of aryl methyl sites for hydroxylation is 1. The molecule has 3 aromatic carbocycles. The number of benzene rings is 3. The van der Waals surface area contributed by atoms with Crippen molar-refractivity contribution in [1.29, 1.82) is 0 Å². The number of carbonyl (C=O) groups excluding carboxylic acids is 3. The molecule has 1 saturated heterocycles. The van der Waals surface area contributed by atoms with Crippen molar-refractivity contribution in [2.75, 3.05) is 20.2 Å². The van der Waals surface area contributed by atoms with E-state index in [1.807, 2.05) is 98.8 Å². The topological polar surface area (TPSA) is 120 Å². The second-order valence-corrected chi connectivity index (χ2v) is 12.8. The third-order valence-corrected chi connectivity index (χ3v) is 9.66. The second kappa shape index (κ2) is 17.8. The van der Waals surface area contributed by atoms with Crippen molar-refractivity contribution in [2.24, 2.45) is 5.92 Å². The lowest BCUT2D eigenvalue weighted by atomic mass is 9.81. The summed E-state index contributed by atoms with van der Waals surface area (Å²) in [6, 6.07) is 26.0. The van der Waals surface area contributed by atoms with Gasteiger partial charge in [0.2, 0.25) is 17.7 Å². The molecule has 4 rings (SSSR count). The van der Waals surface area contributed by atoms with E-state index in [9.17, 15) is 19.5 Å². The summed E-state index contributed by atoms with van der Waals surface area (Å²) in [6.45, 7) is 6.89. The molecule has 0 aromatic heterocycles. The van der Waals surface area contributed by atoms with Crippen molar-refractivity contribution in [3.63, 3.8) is 0 Å². The van der Waals surface area contributed by atoms with Gasteiger partial charge in [-0.15, -0.1) is 0 Å². The molecule has 4 N–H and O–H groups in total. The lowest BCUT2D eigenvalue weighted by Gasteiger charge is -2.36. The van der Waals surface area contributed by atoms with Crippen LogP contribution in [0.25, 0.3) is 0 Å². The quantitative estimate of drug-likeness (QED) is 0.161. The number of nitrogens with one attached hydrogen (secondary N) is 3. The molecule has 1 heterocycles. The van der Waals surface area contributed by atoms with E-state index in [-0.39, 0.29) is 36.6 Å². The van der Waals surface area contributed by atoms with Gasteiger partial charge in [0, 0.05) is 26.1 Å². The summed E-state index contributed by atoms with van der Waals surface area (Å²) in [5.41, 5.74) is 2.00. The number of carbonyl (C=O) groups is 3. The summed E-state index contributed by atoms with van der Waals surface area (Å²) in [7, 11) is 1.63. The normalized spacial score (nSPS) is 18.5. The summed E-state index contributed by atoms with van der Waals surface area (Å²) >= 11 is 0. The Labute approximate surface area is 285 Å². The molecular weight excluding hydrogens is 604 g/mol. The fourth-order valence-corrected chi connectivity index (χ4v) is 6.54. The van der Waals surface area contributed by atoms with Crippen LogP contribution >= 0.6 is 0 Å². The van der Waals surface area contributed by atoms with Gasteiger partial charge in [-0.1, -0.05) is 100.0 Å². The van der Waals surface area contributed by atoms with Crippen molar-refractivity contribution >= 4 is 17.7 Å². The third kappa shape index (κ3) is 9.45. The number of hydrogen-bond acceptors (Lipinski definition) is 6. The highest BCUT2D eigenvalue weighted by atomic mass is 16.5. The van der Waals surface area contributed by atoms with E-state index in [1.54, 1.807) is 18.9 Å². The Morgan fingerprint density at radius 2 is 1.62 bits per heavy atom. The average molecular weight is 657 g/mol. The van der Waals surface area contributed by atoms with Crippen molar-refractivity contribution < 1.29 is 24.2 Å². The van der Waals surface area contributed by atoms with Crippen LogP contribution < -0.4 is 20.7 Å². The molecular formula is C39H52N4O5. The van der Waals surface area contributed by atoms with E-state index >= 15 is 0 Å². The number of nitrogens with zero attached hydrogens (tertiary/aromatic N) is 1. The van der Waals surface area contributed by atoms with Gasteiger partial charge in [-0.05, 0) is 60.4 Å². The van der Waals surface area contributed by atoms with Crippen molar-refractivity contribution in [1.82, 2.24) is 20.9 Å². The second-order valence-electron chi connectivity index (χ2n) is 12.8. The minimum absolute atomic E-state index is 0.105. The van der Waals surface area contributed by atoms with Crippen LogP contribution in [0.3, 0.4) is 0 Å². The predicted octanol–water partition coefficient (Wildman–Crippen LogP) is 4.42. The maximum atomic E-state index is 14.4. The molecule has 1 aliphatic rings. The monoisotopic (exact) mass is 656 g/mol. The van der Waals surface area contributed by atoms with Crippen LogP contribution in [0.2, 0.25) is 0 Å². The molecule has 5 atom stereocenters. The first-order valence-corrected chi connectivity index (χ1v) is 17.2. The molecule has 0 aliphatic carbocycles. The van der Waals surface area contributed by atoms with Gasteiger partial charge in [0.25, 0.3) is 0 Å². The van der Waals surface area contributed by atoms with Crippen LogP contribution in [0.15, 0.2) is 84.9 Å².